The van der Waals surface area contributed by atoms with Gasteiger partial charge in [-0.15, -0.1) is 0 Å². The summed E-state index contributed by atoms with van der Waals surface area (Å²) in [6, 6.07) is 10.5. The Morgan fingerprint density at radius 3 is 2.60 bits per heavy atom. The molecule has 1 aliphatic rings. The van der Waals surface area contributed by atoms with Crippen LogP contribution in [-0.2, 0) is 30.5 Å². The zero-order valence-corrected chi connectivity index (χ0v) is 22.5. The van der Waals surface area contributed by atoms with Crippen LogP contribution in [-0.4, -0.2) is 74.3 Å². The van der Waals surface area contributed by atoms with Gasteiger partial charge in [0.05, 0.1) is 39.5 Å². The van der Waals surface area contributed by atoms with Crippen LogP contribution in [0.25, 0.3) is 0 Å². The molecule has 0 saturated carbocycles. The van der Waals surface area contributed by atoms with E-state index in [4.69, 9.17) is 18.6 Å². The number of rotatable bonds is 12. The van der Waals surface area contributed by atoms with Crippen molar-refractivity contribution in [2.45, 2.75) is 25.8 Å². The lowest BCUT2D eigenvalue weighted by Crippen LogP contribution is -2.41. The number of amides is 1. The summed E-state index contributed by atoms with van der Waals surface area (Å²) in [5.74, 6) is 1.11. The van der Waals surface area contributed by atoms with Crippen molar-refractivity contribution in [1.82, 2.24) is 20.1 Å². The number of alkyl halides is 3. The van der Waals surface area contributed by atoms with Crippen LogP contribution in [0.5, 0.6) is 11.5 Å². The second kappa shape index (κ2) is 13.6. The first-order chi connectivity index (χ1) is 19.2. The molecule has 12 heteroatoms. The van der Waals surface area contributed by atoms with Crippen molar-refractivity contribution in [3.63, 3.8) is 0 Å². The third-order valence-electron chi connectivity index (χ3n) is 6.50. The molecule has 1 aliphatic heterocycles. The molecule has 9 nitrogen and oxygen atoms in total. The summed E-state index contributed by atoms with van der Waals surface area (Å²) in [6.07, 6.45) is -3.17. The molecule has 1 saturated heterocycles. The topological polar surface area (TPSA) is 89.3 Å². The van der Waals surface area contributed by atoms with Crippen molar-refractivity contribution in [2.75, 3.05) is 53.6 Å². The number of morpholine rings is 1. The van der Waals surface area contributed by atoms with Gasteiger partial charge in [-0.05, 0) is 29.8 Å². The fourth-order valence-electron chi connectivity index (χ4n) is 4.44. The second-order valence-corrected chi connectivity index (χ2v) is 9.36. The molecule has 40 heavy (non-hydrogen) atoms. The lowest BCUT2D eigenvalue weighted by Gasteiger charge is -2.26. The Labute approximate surface area is 230 Å². The summed E-state index contributed by atoms with van der Waals surface area (Å²) in [5.41, 5.74) is 0.636. The van der Waals surface area contributed by atoms with Crippen molar-refractivity contribution in [3.8, 4) is 11.5 Å². The minimum atomic E-state index is -4.45. The molecule has 1 amide bonds. The summed E-state index contributed by atoms with van der Waals surface area (Å²) in [4.78, 5) is 21.0. The predicted octanol–water partition coefficient (Wildman–Crippen LogP) is 3.98. The van der Waals surface area contributed by atoms with E-state index in [9.17, 15) is 18.0 Å². The van der Waals surface area contributed by atoms with Crippen LogP contribution < -0.4 is 14.8 Å². The first kappa shape index (κ1) is 29.4. The maximum atomic E-state index is 13.3. The van der Waals surface area contributed by atoms with Crippen LogP contribution in [0.1, 0.15) is 33.1 Å². The number of carbonyl (C=O) groups excluding carboxylic acids is 1. The highest BCUT2D eigenvalue weighted by molar-refractivity contribution is 5.91. The Bertz CT molecular complexity index is 1260. The summed E-state index contributed by atoms with van der Waals surface area (Å²) >= 11 is 0. The van der Waals surface area contributed by atoms with Crippen molar-refractivity contribution in [2.24, 2.45) is 0 Å². The molecule has 216 valence electrons. The average Bonchev–Trinajstić information content (AvgIpc) is 3.42. The largest absolute Gasteiger partial charge is 0.497 e. The van der Waals surface area contributed by atoms with E-state index in [1.165, 1.54) is 12.3 Å². The number of hydrogen-bond donors (Lipinski definition) is 1. The van der Waals surface area contributed by atoms with E-state index in [2.05, 4.69) is 15.2 Å². The summed E-state index contributed by atoms with van der Waals surface area (Å²) in [6.45, 7) is 4.75. The fraction of sp³-hybridized carbons (Fsp3) is 0.429. The molecule has 1 fully saturated rings. The van der Waals surface area contributed by atoms with Crippen molar-refractivity contribution >= 4 is 5.91 Å². The molecule has 0 unspecified atom stereocenters. The van der Waals surface area contributed by atoms with Gasteiger partial charge in [-0.1, -0.05) is 18.2 Å². The Morgan fingerprint density at radius 1 is 1.07 bits per heavy atom. The Morgan fingerprint density at radius 2 is 1.88 bits per heavy atom. The van der Waals surface area contributed by atoms with Crippen LogP contribution in [0.4, 0.5) is 13.2 Å². The van der Waals surface area contributed by atoms with Crippen molar-refractivity contribution in [1.29, 1.82) is 0 Å². The van der Waals surface area contributed by atoms with E-state index < -0.39 is 11.7 Å². The number of halogens is 3. The molecule has 0 radical (unpaired) electrons. The maximum absolute atomic E-state index is 13.3. The van der Waals surface area contributed by atoms with Gasteiger partial charge in [0.2, 0.25) is 5.89 Å². The quantitative estimate of drug-likeness (QED) is 0.355. The number of nitrogens with zero attached hydrogens (tertiary/aromatic N) is 3. The molecule has 2 aromatic carbocycles. The highest BCUT2D eigenvalue weighted by Gasteiger charge is 2.30. The predicted molar refractivity (Wildman–Crippen MR) is 140 cm³/mol. The van der Waals surface area contributed by atoms with Crippen molar-refractivity contribution < 1.29 is 36.6 Å². The summed E-state index contributed by atoms with van der Waals surface area (Å²) in [7, 11) is 3.09. The van der Waals surface area contributed by atoms with Gasteiger partial charge in [-0.25, -0.2) is 4.98 Å². The van der Waals surface area contributed by atoms with E-state index in [-0.39, 0.29) is 30.6 Å². The number of carbonyl (C=O) groups is 1. The lowest BCUT2D eigenvalue weighted by molar-refractivity contribution is -0.137. The van der Waals surface area contributed by atoms with Gasteiger partial charge in [0.15, 0.2) is 5.69 Å². The highest BCUT2D eigenvalue weighted by Crippen LogP contribution is 2.31. The number of ether oxygens (including phenoxy) is 3. The van der Waals surface area contributed by atoms with Crippen LogP contribution >= 0.6 is 0 Å². The van der Waals surface area contributed by atoms with E-state index >= 15 is 0 Å². The van der Waals surface area contributed by atoms with Gasteiger partial charge in [-0.2, -0.15) is 13.2 Å². The lowest BCUT2D eigenvalue weighted by atomic mass is 10.1. The first-order valence-electron chi connectivity index (χ1n) is 12.9. The molecule has 1 aromatic heterocycles. The summed E-state index contributed by atoms with van der Waals surface area (Å²) in [5, 5.41) is 2.85. The number of oxazole rings is 1. The minimum Gasteiger partial charge on any atom is -0.497 e. The molecule has 4 rings (SSSR count). The molecule has 0 spiro atoms. The van der Waals surface area contributed by atoms with Crippen molar-refractivity contribution in [3.05, 3.63) is 77.0 Å². The smallest absolute Gasteiger partial charge is 0.416 e. The Hall–Kier alpha value is -3.61. The number of methoxy groups -OCH3 is 2. The molecular weight excluding hydrogens is 529 g/mol. The highest BCUT2D eigenvalue weighted by atomic mass is 19.4. The summed E-state index contributed by atoms with van der Waals surface area (Å²) < 4.78 is 61.8. The Kier molecular flexibility index (Phi) is 10.0. The van der Waals surface area contributed by atoms with Gasteiger partial charge < -0.3 is 23.9 Å². The van der Waals surface area contributed by atoms with Crippen LogP contribution in [0.15, 0.2) is 53.1 Å². The molecule has 3 aromatic rings. The van der Waals surface area contributed by atoms with Crippen LogP contribution in [0, 0.1) is 0 Å². The molecule has 0 bridgehead atoms. The fourth-order valence-corrected chi connectivity index (χ4v) is 4.44. The van der Waals surface area contributed by atoms with E-state index in [0.29, 0.717) is 49.9 Å². The van der Waals surface area contributed by atoms with Gasteiger partial charge in [0, 0.05) is 44.8 Å². The molecule has 2 heterocycles. The SMILES string of the molecule is COc1ccc(OC)c(CN(Cc2cccc(C(F)(F)F)c2)Cc2nc(C(=O)NCCN3CCOCC3)co2)c1. The minimum absolute atomic E-state index is 0.134. The zero-order valence-electron chi connectivity index (χ0n) is 22.5. The molecule has 0 atom stereocenters. The third-order valence-corrected chi connectivity index (χ3v) is 6.50. The first-order valence-corrected chi connectivity index (χ1v) is 12.9. The molecule has 0 aliphatic carbocycles. The maximum Gasteiger partial charge on any atom is 0.416 e. The number of aromatic nitrogens is 1. The number of nitrogens with one attached hydrogen (secondary N) is 1. The molecule has 1 N–H and O–H groups in total. The van der Waals surface area contributed by atoms with Gasteiger partial charge in [0.1, 0.15) is 17.8 Å². The standard InChI is InChI=1S/C28H33F3N4O5/c1-37-23-6-7-25(38-2)21(15-23)17-35(16-20-4-3-5-22(14-20)28(29,30)31)18-26-33-24(19-40-26)27(36)32-8-9-34-10-12-39-13-11-34/h3-7,14-15,19H,8-13,16-18H2,1-2H3,(H,32,36). The second-order valence-electron chi connectivity index (χ2n) is 9.36. The van der Waals surface area contributed by atoms with E-state index in [1.54, 1.807) is 38.5 Å². The Balaban J connectivity index is 1.48. The number of hydrogen-bond acceptors (Lipinski definition) is 8. The number of benzene rings is 2. The van der Waals surface area contributed by atoms with E-state index in [0.717, 1.165) is 30.8 Å². The third kappa shape index (κ3) is 8.20. The van der Waals surface area contributed by atoms with Gasteiger partial charge >= 0.3 is 6.18 Å². The molecular formula is C28H33F3N4O5. The van der Waals surface area contributed by atoms with E-state index in [1.807, 2.05) is 4.90 Å². The normalized spacial score (nSPS) is 14.3. The van der Waals surface area contributed by atoms with Gasteiger partial charge in [-0.3, -0.25) is 14.6 Å². The van der Waals surface area contributed by atoms with Gasteiger partial charge in [0.25, 0.3) is 5.91 Å². The average molecular weight is 563 g/mol. The monoisotopic (exact) mass is 562 g/mol. The van der Waals surface area contributed by atoms with Crippen LogP contribution in [0.3, 0.4) is 0 Å². The zero-order chi connectivity index (χ0) is 28.5. The van der Waals surface area contributed by atoms with Crippen LogP contribution in [0.2, 0.25) is 0 Å².